The molecule has 3 heterocycles. The van der Waals surface area contributed by atoms with Crippen LogP contribution in [0.25, 0.3) is 10.1 Å². The van der Waals surface area contributed by atoms with Gasteiger partial charge in [-0.2, -0.15) is 0 Å². The van der Waals surface area contributed by atoms with Gasteiger partial charge in [-0.1, -0.05) is 18.2 Å². The molecule has 1 aromatic carbocycles. The maximum atomic E-state index is 13.0. The van der Waals surface area contributed by atoms with E-state index in [4.69, 9.17) is 0 Å². The lowest BCUT2D eigenvalue weighted by atomic mass is 10.0. The molecule has 0 aliphatic carbocycles. The van der Waals surface area contributed by atoms with E-state index in [1.807, 2.05) is 53.0 Å². The minimum atomic E-state index is -0.132. The molecule has 1 aliphatic rings. The van der Waals surface area contributed by atoms with Crippen molar-refractivity contribution < 1.29 is 9.59 Å². The van der Waals surface area contributed by atoms with E-state index in [0.29, 0.717) is 13.1 Å². The summed E-state index contributed by atoms with van der Waals surface area (Å²) < 4.78 is 3.06. The summed E-state index contributed by atoms with van der Waals surface area (Å²) in [5.41, 5.74) is 0. The number of nitrogens with zero attached hydrogens (tertiary/aromatic N) is 3. The van der Waals surface area contributed by atoms with E-state index >= 15 is 0 Å². The number of carbonyl (C=O) groups excluding carboxylic acids is 2. The van der Waals surface area contributed by atoms with Crippen LogP contribution in [0.2, 0.25) is 0 Å². The predicted octanol–water partition coefficient (Wildman–Crippen LogP) is 2.38. The smallest absolute Gasteiger partial charge is 0.264 e. The zero-order chi connectivity index (χ0) is 18.3. The van der Waals surface area contributed by atoms with Gasteiger partial charge in [0.2, 0.25) is 5.91 Å². The van der Waals surface area contributed by atoms with Crippen LogP contribution in [0.5, 0.6) is 0 Å². The molecule has 0 saturated carbocycles. The Bertz CT molecular complexity index is 944. The maximum Gasteiger partial charge on any atom is 0.264 e. The third-order valence-corrected chi connectivity index (χ3v) is 5.93. The van der Waals surface area contributed by atoms with Gasteiger partial charge in [0.25, 0.3) is 5.91 Å². The average molecular weight is 368 g/mol. The molecule has 0 unspecified atom stereocenters. The highest BCUT2D eigenvalue weighted by molar-refractivity contribution is 7.20. The first-order valence-electron chi connectivity index (χ1n) is 8.55. The van der Waals surface area contributed by atoms with E-state index in [0.717, 1.165) is 20.8 Å². The van der Waals surface area contributed by atoms with E-state index in [1.54, 1.807) is 6.20 Å². The highest BCUT2D eigenvalue weighted by Gasteiger charge is 2.39. The van der Waals surface area contributed by atoms with Gasteiger partial charge in [0.05, 0.1) is 16.8 Å². The van der Waals surface area contributed by atoms with Crippen LogP contribution < -0.4 is 5.32 Å². The molecule has 134 valence electrons. The quantitative estimate of drug-likeness (QED) is 0.772. The number of nitrogens with one attached hydrogen (secondary N) is 1. The van der Waals surface area contributed by atoms with Crippen LogP contribution in [0.1, 0.15) is 28.3 Å². The number of likely N-dealkylation sites (tertiary alicyclic amines) is 1. The van der Waals surface area contributed by atoms with Crippen molar-refractivity contribution in [1.29, 1.82) is 0 Å². The topological polar surface area (TPSA) is 67.2 Å². The standard InChI is InChI=1S/C19H20N4O2S/c1-12(24)21-15-11-23(10-14(15)18-20-7-8-22(18)2)19(25)17-9-13-5-3-4-6-16(13)26-17/h3-9,14-15H,10-11H2,1-2H3,(H,21,24)/t14-,15-/m1/s1. The van der Waals surface area contributed by atoms with Crippen LogP contribution in [0, 0.1) is 0 Å². The summed E-state index contributed by atoms with van der Waals surface area (Å²) in [5.74, 6) is 0.788. The molecule has 26 heavy (non-hydrogen) atoms. The summed E-state index contributed by atoms with van der Waals surface area (Å²) in [6.45, 7) is 2.54. The minimum absolute atomic E-state index is 0.0123. The summed E-state index contributed by atoms with van der Waals surface area (Å²) in [6, 6.07) is 9.81. The van der Waals surface area contributed by atoms with E-state index in [2.05, 4.69) is 10.3 Å². The van der Waals surface area contributed by atoms with Crippen molar-refractivity contribution in [3.63, 3.8) is 0 Å². The van der Waals surface area contributed by atoms with Crippen molar-refractivity contribution in [2.75, 3.05) is 13.1 Å². The lowest BCUT2D eigenvalue weighted by molar-refractivity contribution is -0.119. The zero-order valence-corrected chi connectivity index (χ0v) is 15.5. The van der Waals surface area contributed by atoms with Crippen LogP contribution >= 0.6 is 11.3 Å². The van der Waals surface area contributed by atoms with E-state index in [1.165, 1.54) is 18.3 Å². The number of hydrogen-bond acceptors (Lipinski definition) is 4. The molecular weight excluding hydrogens is 348 g/mol. The number of thiophene rings is 1. The Kier molecular flexibility index (Phi) is 4.24. The van der Waals surface area contributed by atoms with Crippen LogP contribution in [-0.4, -0.2) is 45.4 Å². The summed E-state index contributed by atoms with van der Waals surface area (Å²) in [4.78, 5) is 31.7. The Hall–Kier alpha value is -2.67. The molecule has 1 saturated heterocycles. The summed E-state index contributed by atoms with van der Waals surface area (Å²) in [5, 5.41) is 4.07. The Labute approximate surface area is 155 Å². The molecule has 2 amide bonds. The Morgan fingerprint density at radius 2 is 2.08 bits per heavy atom. The van der Waals surface area contributed by atoms with Crippen LogP contribution in [0.4, 0.5) is 0 Å². The van der Waals surface area contributed by atoms with Crippen molar-refractivity contribution in [2.24, 2.45) is 7.05 Å². The number of fused-ring (bicyclic) bond motifs is 1. The first-order chi connectivity index (χ1) is 12.5. The summed E-state index contributed by atoms with van der Waals surface area (Å²) in [7, 11) is 1.93. The first-order valence-corrected chi connectivity index (χ1v) is 9.37. The highest BCUT2D eigenvalue weighted by atomic mass is 32.1. The van der Waals surface area contributed by atoms with E-state index in [-0.39, 0.29) is 23.8 Å². The second-order valence-electron chi connectivity index (χ2n) is 6.67. The van der Waals surface area contributed by atoms with Gasteiger partial charge < -0.3 is 14.8 Å². The van der Waals surface area contributed by atoms with Gasteiger partial charge in [-0.25, -0.2) is 4.98 Å². The fourth-order valence-electron chi connectivity index (χ4n) is 3.62. The van der Waals surface area contributed by atoms with Gasteiger partial charge in [-0.15, -0.1) is 11.3 Å². The van der Waals surface area contributed by atoms with Gasteiger partial charge in [-0.3, -0.25) is 9.59 Å². The summed E-state index contributed by atoms with van der Waals surface area (Å²) in [6.07, 6.45) is 3.63. The van der Waals surface area contributed by atoms with Gasteiger partial charge >= 0.3 is 0 Å². The average Bonchev–Trinajstić information content (AvgIpc) is 3.31. The molecular formula is C19H20N4O2S. The Morgan fingerprint density at radius 3 is 2.77 bits per heavy atom. The maximum absolute atomic E-state index is 13.0. The van der Waals surface area contributed by atoms with Gasteiger partial charge in [0.1, 0.15) is 5.82 Å². The zero-order valence-electron chi connectivity index (χ0n) is 14.7. The van der Waals surface area contributed by atoms with Gasteiger partial charge in [0, 0.05) is 44.2 Å². The lowest BCUT2D eigenvalue weighted by Crippen LogP contribution is -2.39. The molecule has 1 N–H and O–H groups in total. The first kappa shape index (κ1) is 16.8. The number of aryl methyl sites for hydroxylation is 1. The third-order valence-electron chi connectivity index (χ3n) is 4.82. The minimum Gasteiger partial charge on any atom is -0.351 e. The number of imidazole rings is 1. The van der Waals surface area contributed by atoms with Gasteiger partial charge in [0.15, 0.2) is 0 Å². The van der Waals surface area contributed by atoms with Crippen molar-refractivity contribution in [3.05, 3.63) is 53.4 Å². The molecule has 6 nitrogen and oxygen atoms in total. The number of benzene rings is 1. The molecule has 4 rings (SSSR count). The largest absolute Gasteiger partial charge is 0.351 e. The molecule has 2 atom stereocenters. The number of rotatable bonds is 3. The second-order valence-corrected chi connectivity index (χ2v) is 7.75. The molecule has 3 aromatic rings. The van der Waals surface area contributed by atoms with E-state index in [9.17, 15) is 9.59 Å². The molecule has 0 spiro atoms. The van der Waals surface area contributed by atoms with Crippen molar-refractivity contribution in [1.82, 2.24) is 19.8 Å². The normalized spacial score (nSPS) is 19.8. The van der Waals surface area contributed by atoms with Gasteiger partial charge in [-0.05, 0) is 17.5 Å². The molecule has 0 bridgehead atoms. The van der Waals surface area contributed by atoms with Crippen molar-refractivity contribution >= 4 is 33.2 Å². The van der Waals surface area contributed by atoms with Crippen molar-refractivity contribution in [2.45, 2.75) is 18.9 Å². The molecule has 1 aliphatic heterocycles. The number of amides is 2. The number of aromatic nitrogens is 2. The van der Waals surface area contributed by atoms with Crippen molar-refractivity contribution in [3.8, 4) is 0 Å². The highest BCUT2D eigenvalue weighted by Crippen LogP contribution is 2.31. The molecule has 0 radical (unpaired) electrons. The third kappa shape index (κ3) is 2.99. The van der Waals surface area contributed by atoms with Crippen LogP contribution in [-0.2, 0) is 11.8 Å². The fraction of sp³-hybridized carbons (Fsp3) is 0.316. The summed E-state index contributed by atoms with van der Waals surface area (Å²) >= 11 is 1.51. The number of hydrogen-bond donors (Lipinski definition) is 1. The Morgan fingerprint density at radius 1 is 1.27 bits per heavy atom. The Balaban J connectivity index is 1.61. The predicted molar refractivity (Wildman–Crippen MR) is 101 cm³/mol. The SMILES string of the molecule is CC(=O)N[C@@H]1CN(C(=O)c2cc3ccccc3s2)C[C@H]1c1nccn1C. The second kappa shape index (κ2) is 6.57. The van der Waals surface area contributed by atoms with E-state index < -0.39 is 0 Å². The van der Waals surface area contributed by atoms with Crippen LogP contribution in [0.3, 0.4) is 0 Å². The molecule has 7 heteroatoms. The monoisotopic (exact) mass is 368 g/mol. The number of carbonyl (C=O) groups is 2. The fourth-order valence-corrected chi connectivity index (χ4v) is 4.65. The lowest BCUT2D eigenvalue weighted by Gasteiger charge is -2.18. The molecule has 1 fully saturated rings. The van der Waals surface area contributed by atoms with Crippen LogP contribution in [0.15, 0.2) is 42.7 Å². The molecule has 2 aromatic heterocycles.